The minimum absolute atomic E-state index is 0.0634. The highest BCUT2D eigenvalue weighted by atomic mass is 16.3. The quantitative estimate of drug-likeness (QED) is 0.783. The van der Waals surface area contributed by atoms with Crippen molar-refractivity contribution in [3.63, 3.8) is 0 Å². The van der Waals surface area contributed by atoms with E-state index in [9.17, 15) is 9.90 Å². The molecule has 0 spiro atoms. The van der Waals surface area contributed by atoms with Crippen LogP contribution in [0.2, 0.25) is 0 Å². The van der Waals surface area contributed by atoms with E-state index in [1.165, 1.54) is 0 Å². The minimum Gasteiger partial charge on any atom is -0.392 e. The van der Waals surface area contributed by atoms with E-state index < -0.39 is 0 Å². The molecule has 1 aliphatic heterocycles. The van der Waals surface area contributed by atoms with Crippen LogP contribution in [0.4, 0.5) is 0 Å². The smallest absolute Gasteiger partial charge is 0.274 e. The van der Waals surface area contributed by atoms with Gasteiger partial charge in [-0.05, 0) is 36.8 Å². The van der Waals surface area contributed by atoms with Crippen molar-refractivity contribution >= 4 is 11.7 Å². The fourth-order valence-corrected chi connectivity index (χ4v) is 3.60. The maximum Gasteiger partial charge on any atom is 0.274 e. The van der Waals surface area contributed by atoms with E-state index in [0.717, 1.165) is 18.4 Å². The highest BCUT2D eigenvalue weighted by Crippen LogP contribution is 2.24. The molecule has 3 heterocycles. The molecular formula is C20H22N4O2. The second-order valence-electron chi connectivity index (χ2n) is 6.84. The lowest BCUT2D eigenvalue weighted by molar-refractivity contribution is 0.0464. The molecule has 1 atom stereocenters. The first kappa shape index (κ1) is 16.7. The summed E-state index contributed by atoms with van der Waals surface area (Å²) in [6.45, 7) is 1.30. The molecule has 6 nitrogen and oxygen atoms in total. The standard InChI is InChI=1S/C20H22N4O2/c25-18(13-15-5-2-1-3-6-15)16-7-11-23(12-8-16)19(26)17-14-24-10-4-9-21-20(24)22-17/h1-6,9-10,14,16,18,25H,7-8,11-13H2/t18-/m0/s1. The van der Waals surface area contributed by atoms with E-state index in [2.05, 4.69) is 9.97 Å². The average molecular weight is 350 g/mol. The largest absolute Gasteiger partial charge is 0.392 e. The number of aromatic nitrogens is 3. The van der Waals surface area contributed by atoms with Gasteiger partial charge in [0.25, 0.3) is 5.91 Å². The number of aliphatic hydroxyl groups excluding tert-OH is 1. The fraction of sp³-hybridized carbons (Fsp3) is 0.350. The van der Waals surface area contributed by atoms with Gasteiger partial charge in [-0.15, -0.1) is 0 Å². The maximum absolute atomic E-state index is 12.7. The lowest BCUT2D eigenvalue weighted by atomic mass is 9.88. The number of nitrogens with zero attached hydrogens (tertiary/aromatic N) is 4. The summed E-state index contributed by atoms with van der Waals surface area (Å²) in [5.74, 6) is 0.692. The van der Waals surface area contributed by atoms with E-state index in [1.54, 1.807) is 16.8 Å². The molecule has 1 aromatic carbocycles. The number of benzene rings is 1. The number of aliphatic hydroxyl groups is 1. The number of hydrogen-bond acceptors (Lipinski definition) is 4. The summed E-state index contributed by atoms with van der Waals surface area (Å²) in [4.78, 5) is 23.0. The number of carbonyl (C=O) groups is 1. The van der Waals surface area contributed by atoms with Gasteiger partial charge in [0, 0.05) is 31.7 Å². The van der Waals surface area contributed by atoms with Crippen molar-refractivity contribution in [3.8, 4) is 0 Å². The van der Waals surface area contributed by atoms with Crippen LogP contribution in [0, 0.1) is 5.92 Å². The molecular weight excluding hydrogens is 328 g/mol. The SMILES string of the molecule is O=C(c1cn2cccnc2n1)N1CCC([C@@H](O)Cc2ccccc2)CC1. The maximum atomic E-state index is 12.7. The molecule has 1 saturated heterocycles. The van der Waals surface area contributed by atoms with Crippen LogP contribution in [0.3, 0.4) is 0 Å². The first-order chi connectivity index (χ1) is 12.7. The summed E-state index contributed by atoms with van der Waals surface area (Å²) in [6.07, 6.45) is 7.14. The highest BCUT2D eigenvalue weighted by Gasteiger charge is 2.29. The van der Waals surface area contributed by atoms with Crippen LogP contribution >= 0.6 is 0 Å². The normalized spacial score (nSPS) is 16.7. The second kappa shape index (κ2) is 7.25. The first-order valence-corrected chi connectivity index (χ1v) is 9.02. The van der Waals surface area contributed by atoms with Gasteiger partial charge in [0.1, 0.15) is 5.69 Å². The summed E-state index contributed by atoms with van der Waals surface area (Å²) >= 11 is 0. The van der Waals surface area contributed by atoms with Gasteiger partial charge in [-0.25, -0.2) is 9.97 Å². The number of imidazole rings is 1. The van der Waals surface area contributed by atoms with Crippen molar-refractivity contribution < 1.29 is 9.90 Å². The van der Waals surface area contributed by atoms with Crippen molar-refractivity contribution in [1.82, 2.24) is 19.3 Å². The van der Waals surface area contributed by atoms with Gasteiger partial charge in [0.2, 0.25) is 5.78 Å². The summed E-state index contributed by atoms with van der Waals surface area (Å²) in [6, 6.07) is 11.9. The topological polar surface area (TPSA) is 70.7 Å². The Bertz CT molecular complexity index is 852. The molecule has 0 unspecified atom stereocenters. The van der Waals surface area contributed by atoms with Crippen LogP contribution in [-0.4, -0.2) is 49.5 Å². The number of rotatable bonds is 4. The third-order valence-electron chi connectivity index (χ3n) is 5.11. The lowest BCUT2D eigenvalue weighted by Crippen LogP contribution is -2.41. The molecule has 0 aliphatic carbocycles. The molecule has 3 aromatic rings. The average Bonchev–Trinajstić information content (AvgIpc) is 3.12. The van der Waals surface area contributed by atoms with Crippen molar-refractivity contribution in [2.75, 3.05) is 13.1 Å². The number of carbonyl (C=O) groups excluding carboxylic acids is 1. The van der Waals surface area contributed by atoms with Gasteiger partial charge < -0.3 is 10.0 Å². The Morgan fingerprint density at radius 2 is 1.96 bits per heavy atom. The zero-order valence-electron chi connectivity index (χ0n) is 14.5. The number of piperidine rings is 1. The van der Waals surface area contributed by atoms with Gasteiger partial charge in [-0.3, -0.25) is 9.20 Å². The molecule has 0 bridgehead atoms. The van der Waals surface area contributed by atoms with Crippen LogP contribution in [0.15, 0.2) is 55.0 Å². The Hall–Kier alpha value is -2.73. The zero-order valence-corrected chi connectivity index (χ0v) is 14.5. The predicted molar refractivity (Wildman–Crippen MR) is 97.8 cm³/mol. The van der Waals surface area contributed by atoms with E-state index in [-0.39, 0.29) is 17.9 Å². The molecule has 4 rings (SSSR count). The Morgan fingerprint density at radius 3 is 2.69 bits per heavy atom. The van der Waals surface area contributed by atoms with Gasteiger partial charge in [0.05, 0.1) is 6.10 Å². The molecule has 0 radical (unpaired) electrons. The minimum atomic E-state index is -0.367. The van der Waals surface area contributed by atoms with Gasteiger partial charge in [0.15, 0.2) is 0 Å². The Labute approximate surface area is 152 Å². The predicted octanol–water partition coefficient (Wildman–Crippen LogP) is 2.19. The molecule has 6 heteroatoms. The van der Waals surface area contributed by atoms with Crippen molar-refractivity contribution in [1.29, 1.82) is 0 Å². The number of likely N-dealkylation sites (tertiary alicyclic amines) is 1. The van der Waals surface area contributed by atoms with Crippen LogP contribution in [0.25, 0.3) is 5.78 Å². The Balaban J connectivity index is 1.36. The molecule has 0 saturated carbocycles. The number of hydrogen-bond donors (Lipinski definition) is 1. The summed E-state index contributed by atoms with van der Waals surface area (Å²) < 4.78 is 1.75. The Kier molecular flexibility index (Phi) is 4.67. The third kappa shape index (κ3) is 3.46. The Morgan fingerprint density at radius 1 is 1.19 bits per heavy atom. The molecule has 134 valence electrons. The van der Waals surface area contributed by atoms with E-state index >= 15 is 0 Å². The second-order valence-corrected chi connectivity index (χ2v) is 6.84. The summed E-state index contributed by atoms with van der Waals surface area (Å²) in [5.41, 5.74) is 1.57. The molecule has 2 aromatic heterocycles. The van der Waals surface area contributed by atoms with Gasteiger partial charge in [-0.2, -0.15) is 0 Å². The van der Waals surface area contributed by atoms with Crippen molar-refractivity contribution in [2.24, 2.45) is 5.92 Å². The number of fused-ring (bicyclic) bond motifs is 1. The van der Waals surface area contributed by atoms with Gasteiger partial charge >= 0.3 is 0 Å². The summed E-state index contributed by atoms with van der Waals surface area (Å²) in [5, 5.41) is 10.5. The molecule has 1 N–H and O–H groups in total. The van der Waals surface area contributed by atoms with Crippen molar-refractivity contribution in [3.05, 3.63) is 66.2 Å². The third-order valence-corrected chi connectivity index (χ3v) is 5.11. The first-order valence-electron chi connectivity index (χ1n) is 9.02. The molecule has 1 amide bonds. The van der Waals surface area contributed by atoms with Crippen LogP contribution < -0.4 is 0 Å². The van der Waals surface area contributed by atoms with Crippen LogP contribution in [0.5, 0.6) is 0 Å². The van der Waals surface area contributed by atoms with Crippen LogP contribution in [-0.2, 0) is 6.42 Å². The van der Waals surface area contributed by atoms with E-state index in [0.29, 0.717) is 31.0 Å². The number of amides is 1. The van der Waals surface area contributed by atoms with E-state index in [4.69, 9.17) is 0 Å². The van der Waals surface area contributed by atoms with Crippen LogP contribution in [0.1, 0.15) is 28.9 Å². The molecule has 26 heavy (non-hydrogen) atoms. The monoisotopic (exact) mass is 350 g/mol. The molecule has 1 fully saturated rings. The zero-order chi connectivity index (χ0) is 17.9. The highest BCUT2D eigenvalue weighted by molar-refractivity contribution is 5.92. The van der Waals surface area contributed by atoms with E-state index in [1.807, 2.05) is 47.5 Å². The van der Waals surface area contributed by atoms with Gasteiger partial charge in [-0.1, -0.05) is 30.3 Å². The lowest BCUT2D eigenvalue weighted by Gasteiger charge is -2.34. The molecule has 1 aliphatic rings. The summed E-state index contributed by atoms with van der Waals surface area (Å²) in [7, 11) is 0. The van der Waals surface area contributed by atoms with Crippen molar-refractivity contribution in [2.45, 2.75) is 25.4 Å². The fourth-order valence-electron chi connectivity index (χ4n) is 3.60.